The molecule has 0 aromatic heterocycles. The summed E-state index contributed by atoms with van der Waals surface area (Å²) in [5.41, 5.74) is 8.91. The Morgan fingerprint density at radius 2 is 2.12 bits per heavy atom. The van der Waals surface area contributed by atoms with Gasteiger partial charge in [0.15, 0.2) is 0 Å². The lowest BCUT2D eigenvalue weighted by Crippen LogP contribution is -2.26. The molecule has 1 saturated carbocycles. The first-order chi connectivity index (χ1) is 7.61. The van der Waals surface area contributed by atoms with Gasteiger partial charge in [0.25, 0.3) is 0 Å². The highest BCUT2D eigenvalue weighted by Gasteiger charge is 2.24. The highest BCUT2D eigenvalue weighted by molar-refractivity contribution is 6.33. The van der Waals surface area contributed by atoms with Crippen LogP contribution in [0.15, 0.2) is 12.1 Å². The van der Waals surface area contributed by atoms with Crippen molar-refractivity contribution >= 4 is 23.0 Å². The summed E-state index contributed by atoms with van der Waals surface area (Å²) in [6, 6.07) is 3.96. The largest absolute Gasteiger partial charge is 0.398 e. The van der Waals surface area contributed by atoms with Crippen LogP contribution in [0.2, 0.25) is 5.02 Å². The summed E-state index contributed by atoms with van der Waals surface area (Å²) in [6.07, 6.45) is 2.75. The molecule has 0 heterocycles. The van der Waals surface area contributed by atoms with Crippen LogP contribution in [0.4, 0.5) is 11.4 Å². The van der Waals surface area contributed by atoms with Crippen molar-refractivity contribution in [1.29, 1.82) is 0 Å². The van der Waals surface area contributed by atoms with Gasteiger partial charge in [0, 0.05) is 18.8 Å². The van der Waals surface area contributed by atoms with Crippen LogP contribution in [0.25, 0.3) is 0 Å². The lowest BCUT2D eigenvalue weighted by atomic mass is 10.1. The summed E-state index contributed by atoms with van der Waals surface area (Å²) in [4.78, 5) is 2.40. The number of hydrogen-bond acceptors (Lipinski definition) is 2. The number of nitrogens with zero attached hydrogens (tertiary/aromatic N) is 1. The molecule has 1 aromatic rings. The van der Waals surface area contributed by atoms with Gasteiger partial charge in [-0.25, -0.2) is 0 Å². The van der Waals surface area contributed by atoms with Crippen molar-refractivity contribution in [1.82, 2.24) is 0 Å². The van der Waals surface area contributed by atoms with E-state index in [2.05, 4.69) is 18.7 Å². The average molecular weight is 239 g/mol. The summed E-state index contributed by atoms with van der Waals surface area (Å²) >= 11 is 6.09. The molecule has 0 atom stereocenters. The molecule has 1 fully saturated rings. The summed E-state index contributed by atoms with van der Waals surface area (Å²) in [5, 5.41) is 0.662. The summed E-state index contributed by atoms with van der Waals surface area (Å²) in [7, 11) is 0. The first-order valence-electron chi connectivity index (χ1n) is 5.92. The van der Waals surface area contributed by atoms with Crippen molar-refractivity contribution in [3.05, 3.63) is 22.7 Å². The van der Waals surface area contributed by atoms with Crippen molar-refractivity contribution in [3.8, 4) is 0 Å². The van der Waals surface area contributed by atoms with Gasteiger partial charge in [0.1, 0.15) is 0 Å². The Morgan fingerprint density at radius 3 is 2.69 bits per heavy atom. The smallest absolute Gasteiger partial charge is 0.0656 e. The van der Waals surface area contributed by atoms with Crippen LogP contribution in [0.1, 0.15) is 25.3 Å². The number of halogens is 1. The monoisotopic (exact) mass is 238 g/mol. The van der Waals surface area contributed by atoms with Gasteiger partial charge in [0.05, 0.1) is 10.7 Å². The fourth-order valence-electron chi connectivity index (χ4n) is 2.04. The van der Waals surface area contributed by atoms with E-state index in [9.17, 15) is 0 Å². The number of rotatable bonds is 4. The van der Waals surface area contributed by atoms with Crippen molar-refractivity contribution in [2.24, 2.45) is 5.92 Å². The number of benzene rings is 1. The standard InChI is InChI=1S/C13H19ClN2/c1-3-16(8-10-4-5-10)13-7-11(14)12(15)6-9(13)2/h6-7,10H,3-5,8,15H2,1-2H3. The molecule has 0 aliphatic heterocycles. The molecule has 88 valence electrons. The van der Waals surface area contributed by atoms with Crippen LogP contribution >= 0.6 is 11.6 Å². The molecule has 0 spiro atoms. The summed E-state index contributed by atoms with van der Waals surface area (Å²) in [6.45, 7) is 6.46. The second kappa shape index (κ2) is 4.54. The Kier molecular flexibility index (Phi) is 3.29. The maximum Gasteiger partial charge on any atom is 0.0656 e. The van der Waals surface area contributed by atoms with Crippen molar-refractivity contribution in [2.75, 3.05) is 23.7 Å². The number of hydrogen-bond donors (Lipinski definition) is 1. The number of anilines is 2. The van der Waals surface area contributed by atoms with Gasteiger partial charge < -0.3 is 10.6 Å². The molecule has 2 N–H and O–H groups in total. The first kappa shape index (κ1) is 11.6. The van der Waals surface area contributed by atoms with E-state index in [4.69, 9.17) is 17.3 Å². The second-order valence-electron chi connectivity index (χ2n) is 4.64. The normalized spacial score (nSPS) is 15.2. The Labute approximate surface area is 102 Å². The average Bonchev–Trinajstić information content (AvgIpc) is 3.04. The van der Waals surface area contributed by atoms with E-state index in [-0.39, 0.29) is 0 Å². The maximum absolute atomic E-state index is 6.09. The van der Waals surface area contributed by atoms with Crippen molar-refractivity contribution < 1.29 is 0 Å². The molecule has 0 bridgehead atoms. The van der Waals surface area contributed by atoms with Crippen LogP contribution < -0.4 is 10.6 Å². The highest BCUT2D eigenvalue weighted by atomic mass is 35.5. The van der Waals surface area contributed by atoms with E-state index in [0.717, 1.165) is 19.0 Å². The molecular weight excluding hydrogens is 220 g/mol. The quantitative estimate of drug-likeness (QED) is 0.814. The lowest BCUT2D eigenvalue weighted by Gasteiger charge is -2.25. The van der Waals surface area contributed by atoms with Crippen LogP contribution in [0.3, 0.4) is 0 Å². The molecule has 0 amide bonds. The molecule has 16 heavy (non-hydrogen) atoms. The van der Waals surface area contributed by atoms with Gasteiger partial charge in [-0.2, -0.15) is 0 Å². The Hall–Kier alpha value is -0.890. The Bertz CT molecular complexity index is 386. The molecule has 1 aliphatic rings. The van der Waals surface area contributed by atoms with E-state index in [1.807, 2.05) is 12.1 Å². The summed E-state index contributed by atoms with van der Waals surface area (Å²) < 4.78 is 0. The Balaban J connectivity index is 2.25. The molecule has 2 nitrogen and oxygen atoms in total. The predicted octanol–water partition coefficient (Wildman–Crippen LogP) is 3.47. The topological polar surface area (TPSA) is 29.3 Å². The number of nitrogens with two attached hydrogens (primary N) is 1. The number of nitrogen functional groups attached to an aromatic ring is 1. The molecule has 0 saturated heterocycles. The van der Waals surface area contributed by atoms with E-state index in [1.165, 1.54) is 24.1 Å². The molecule has 1 aliphatic carbocycles. The van der Waals surface area contributed by atoms with Crippen molar-refractivity contribution in [2.45, 2.75) is 26.7 Å². The summed E-state index contributed by atoms with van der Waals surface area (Å²) in [5.74, 6) is 0.885. The van der Waals surface area contributed by atoms with Gasteiger partial charge in [-0.05, 0) is 50.3 Å². The van der Waals surface area contributed by atoms with Crippen LogP contribution in [0.5, 0.6) is 0 Å². The zero-order valence-corrected chi connectivity index (χ0v) is 10.7. The van der Waals surface area contributed by atoms with Crippen LogP contribution in [-0.4, -0.2) is 13.1 Å². The van der Waals surface area contributed by atoms with Crippen LogP contribution in [-0.2, 0) is 0 Å². The van der Waals surface area contributed by atoms with E-state index < -0.39 is 0 Å². The van der Waals surface area contributed by atoms with E-state index in [1.54, 1.807) is 0 Å². The minimum Gasteiger partial charge on any atom is -0.398 e. The molecule has 0 unspecified atom stereocenters. The molecule has 2 rings (SSSR count). The zero-order chi connectivity index (χ0) is 11.7. The highest BCUT2D eigenvalue weighted by Crippen LogP contribution is 2.34. The third-order valence-electron chi connectivity index (χ3n) is 3.21. The molecule has 1 aromatic carbocycles. The minimum atomic E-state index is 0.662. The van der Waals surface area contributed by atoms with Gasteiger partial charge in [-0.1, -0.05) is 11.6 Å². The fraction of sp³-hybridized carbons (Fsp3) is 0.538. The van der Waals surface area contributed by atoms with Gasteiger partial charge >= 0.3 is 0 Å². The SMILES string of the molecule is CCN(CC1CC1)c1cc(Cl)c(N)cc1C. The predicted molar refractivity (Wildman–Crippen MR) is 71.2 cm³/mol. The minimum absolute atomic E-state index is 0.662. The Morgan fingerprint density at radius 1 is 1.44 bits per heavy atom. The van der Waals surface area contributed by atoms with Gasteiger partial charge in [-0.15, -0.1) is 0 Å². The van der Waals surface area contributed by atoms with Gasteiger partial charge in [-0.3, -0.25) is 0 Å². The lowest BCUT2D eigenvalue weighted by molar-refractivity contribution is 0.740. The van der Waals surface area contributed by atoms with E-state index in [0.29, 0.717) is 10.7 Å². The maximum atomic E-state index is 6.09. The fourth-order valence-corrected chi connectivity index (χ4v) is 2.20. The zero-order valence-electron chi connectivity index (χ0n) is 9.96. The third kappa shape index (κ3) is 2.43. The first-order valence-corrected chi connectivity index (χ1v) is 6.30. The molecule has 3 heteroatoms. The molecular formula is C13H19ClN2. The van der Waals surface area contributed by atoms with E-state index >= 15 is 0 Å². The molecule has 0 radical (unpaired) electrons. The third-order valence-corrected chi connectivity index (χ3v) is 3.54. The number of aryl methyl sites for hydroxylation is 1. The van der Waals surface area contributed by atoms with Crippen LogP contribution in [0, 0.1) is 12.8 Å². The van der Waals surface area contributed by atoms with Crippen molar-refractivity contribution in [3.63, 3.8) is 0 Å². The van der Waals surface area contributed by atoms with Gasteiger partial charge in [0.2, 0.25) is 0 Å². The second-order valence-corrected chi connectivity index (χ2v) is 5.05.